The van der Waals surface area contributed by atoms with Crippen LogP contribution in [0.5, 0.6) is 0 Å². The number of amides is 2. The van der Waals surface area contributed by atoms with E-state index in [1.807, 2.05) is 0 Å². The van der Waals surface area contributed by atoms with Crippen molar-refractivity contribution in [1.29, 1.82) is 0 Å². The maximum atomic E-state index is 13.3. The van der Waals surface area contributed by atoms with Crippen LogP contribution in [0, 0.1) is 0 Å². The summed E-state index contributed by atoms with van der Waals surface area (Å²) in [6.45, 7) is 5.50. The Bertz CT molecular complexity index is 1670. The zero-order valence-corrected chi connectivity index (χ0v) is 34.5. The lowest BCUT2D eigenvalue weighted by Crippen LogP contribution is -2.42. The van der Waals surface area contributed by atoms with Crippen LogP contribution in [0.1, 0.15) is 174 Å². The van der Waals surface area contributed by atoms with E-state index < -0.39 is 12.0 Å². The van der Waals surface area contributed by atoms with Crippen LogP contribution in [-0.4, -0.2) is 37.0 Å². The Morgan fingerprint density at radius 1 is 0.545 bits per heavy atom. The van der Waals surface area contributed by atoms with E-state index in [1.165, 1.54) is 134 Å². The quantitative estimate of drug-likeness (QED) is 0.0304. The van der Waals surface area contributed by atoms with Crippen LogP contribution in [0.2, 0.25) is 0 Å². The summed E-state index contributed by atoms with van der Waals surface area (Å²) in [5.41, 5.74) is 1.23. The molecule has 1 atom stereocenters. The number of unbranched alkanes of at least 4 members (excludes halogenated alkanes) is 18. The zero-order chi connectivity index (χ0) is 38.9. The lowest BCUT2D eigenvalue weighted by Gasteiger charge is -2.18. The lowest BCUT2D eigenvalue weighted by atomic mass is 9.90. The number of hydrogen-bond donors (Lipinski definition) is 2. The first-order chi connectivity index (χ1) is 27.0. The summed E-state index contributed by atoms with van der Waals surface area (Å²) in [5, 5.41) is 13.5. The van der Waals surface area contributed by atoms with Crippen molar-refractivity contribution in [2.24, 2.45) is 0 Å². The highest BCUT2D eigenvalue weighted by Crippen LogP contribution is 2.36. The standard InChI is InChI=1S/C49H72N2O4/c1-3-5-7-9-11-13-15-17-19-21-37-50-45(52)36-35-44(49(54)55-38-22-20-18-16-14-12-10-8-6-4-2)51-46(53)28-24-25-39-29-30-42-32-31-40-26-23-27-41-33-34-43(39)48(42)47(40)41/h23,26-27,29-34,44H,3-22,24-25,28,35-38H2,1-2H3,(H,50,52)(H,51,53)/t44-/m0/s1. The summed E-state index contributed by atoms with van der Waals surface area (Å²) < 4.78 is 5.67. The lowest BCUT2D eigenvalue weighted by molar-refractivity contribution is -0.148. The predicted molar refractivity (Wildman–Crippen MR) is 232 cm³/mol. The number of carbonyl (C=O) groups is 3. The van der Waals surface area contributed by atoms with Crippen molar-refractivity contribution in [3.05, 3.63) is 60.2 Å². The Morgan fingerprint density at radius 3 is 1.69 bits per heavy atom. The number of nitrogens with one attached hydrogen (secondary N) is 2. The minimum atomic E-state index is -0.826. The number of esters is 1. The molecule has 6 nitrogen and oxygen atoms in total. The topological polar surface area (TPSA) is 84.5 Å². The SMILES string of the molecule is CCCCCCCCCCCCNC(=O)CC[C@H](NC(=O)CCCc1ccc2ccc3cccc4ccc1c2c34)C(=O)OCCCCCCCCCCCC. The first-order valence-electron chi connectivity index (χ1n) is 22.4. The summed E-state index contributed by atoms with van der Waals surface area (Å²) in [7, 11) is 0. The molecule has 0 spiro atoms. The fourth-order valence-corrected chi connectivity index (χ4v) is 8.04. The smallest absolute Gasteiger partial charge is 0.328 e. The summed E-state index contributed by atoms with van der Waals surface area (Å²) in [6.07, 6.45) is 26.8. The second-order valence-corrected chi connectivity index (χ2v) is 16.0. The Balaban J connectivity index is 1.20. The fraction of sp³-hybridized carbons (Fsp3) is 0.612. The number of benzene rings is 4. The average molecular weight is 753 g/mol. The van der Waals surface area contributed by atoms with Crippen molar-refractivity contribution in [3.63, 3.8) is 0 Å². The molecule has 55 heavy (non-hydrogen) atoms. The Morgan fingerprint density at radius 2 is 1.07 bits per heavy atom. The maximum Gasteiger partial charge on any atom is 0.328 e. The highest BCUT2D eigenvalue weighted by molar-refractivity contribution is 6.23. The van der Waals surface area contributed by atoms with Gasteiger partial charge in [-0.25, -0.2) is 4.79 Å². The van der Waals surface area contributed by atoms with Crippen LogP contribution in [0.3, 0.4) is 0 Å². The van der Waals surface area contributed by atoms with Gasteiger partial charge in [-0.3, -0.25) is 9.59 Å². The van der Waals surface area contributed by atoms with Crippen LogP contribution in [0.25, 0.3) is 32.3 Å². The monoisotopic (exact) mass is 753 g/mol. The minimum absolute atomic E-state index is 0.0772. The van der Waals surface area contributed by atoms with E-state index in [0.29, 0.717) is 26.0 Å². The van der Waals surface area contributed by atoms with Gasteiger partial charge in [0, 0.05) is 19.4 Å². The molecular weight excluding hydrogens is 681 g/mol. The van der Waals surface area contributed by atoms with Crippen LogP contribution in [0.4, 0.5) is 0 Å². The van der Waals surface area contributed by atoms with Crippen molar-refractivity contribution in [2.45, 2.75) is 180 Å². The molecule has 4 aromatic carbocycles. The third-order valence-electron chi connectivity index (χ3n) is 11.3. The van der Waals surface area contributed by atoms with Gasteiger partial charge >= 0.3 is 5.97 Å². The molecule has 4 rings (SSSR count). The van der Waals surface area contributed by atoms with Gasteiger partial charge in [0.25, 0.3) is 0 Å². The molecule has 0 aromatic heterocycles. The molecular formula is C49H72N2O4. The van der Waals surface area contributed by atoms with Crippen molar-refractivity contribution < 1.29 is 19.1 Å². The molecule has 0 saturated carbocycles. The minimum Gasteiger partial charge on any atom is -0.464 e. The number of ether oxygens (including phenoxy) is 1. The van der Waals surface area contributed by atoms with E-state index in [4.69, 9.17) is 4.74 Å². The zero-order valence-electron chi connectivity index (χ0n) is 34.5. The van der Waals surface area contributed by atoms with Crippen LogP contribution in [-0.2, 0) is 25.5 Å². The van der Waals surface area contributed by atoms with Crippen LogP contribution < -0.4 is 10.6 Å². The first kappa shape index (κ1) is 44.0. The Hall–Kier alpha value is -3.67. The molecule has 0 saturated heterocycles. The van der Waals surface area contributed by atoms with Gasteiger partial charge in [-0.05, 0) is 70.0 Å². The summed E-state index contributed by atoms with van der Waals surface area (Å²) >= 11 is 0. The van der Waals surface area contributed by atoms with Crippen molar-refractivity contribution in [3.8, 4) is 0 Å². The second kappa shape index (κ2) is 26.2. The molecule has 0 aliphatic rings. The van der Waals surface area contributed by atoms with E-state index in [9.17, 15) is 14.4 Å². The highest BCUT2D eigenvalue weighted by atomic mass is 16.5. The molecule has 302 valence electrons. The molecule has 6 heteroatoms. The molecule has 0 aliphatic heterocycles. The third-order valence-corrected chi connectivity index (χ3v) is 11.3. The molecule has 4 aromatic rings. The predicted octanol–water partition coefficient (Wildman–Crippen LogP) is 12.7. The van der Waals surface area contributed by atoms with Crippen molar-refractivity contribution >= 4 is 50.1 Å². The van der Waals surface area contributed by atoms with E-state index in [1.54, 1.807) is 0 Å². The highest BCUT2D eigenvalue weighted by Gasteiger charge is 2.23. The molecule has 2 amide bonds. The van der Waals surface area contributed by atoms with Crippen LogP contribution >= 0.6 is 0 Å². The molecule has 0 heterocycles. The summed E-state index contributed by atoms with van der Waals surface area (Å²) in [6, 6.07) is 18.8. The normalized spacial score (nSPS) is 12.1. The van der Waals surface area contributed by atoms with Crippen molar-refractivity contribution in [2.75, 3.05) is 13.2 Å². The van der Waals surface area contributed by atoms with Gasteiger partial charge in [0.2, 0.25) is 11.8 Å². The van der Waals surface area contributed by atoms with Gasteiger partial charge < -0.3 is 15.4 Å². The second-order valence-electron chi connectivity index (χ2n) is 16.0. The number of rotatable bonds is 31. The van der Waals surface area contributed by atoms with Gasteiger partial charge in [-0.1, -0.05) is 184 Å². The largest absolute Gasteiger partial charge is 0.464 e. The molecule has 0 bridgehead atoms. The van der Waals surface area contributed by atoms with E-state index in [0.717, 1.165) is 38.5 Å². The van der Waals surface area contributed by atoms with E-state index in [-0.39, 0.29) is 24.7 Å². The number of hydrogen-bond acceptors (Lipinski definition) is 4. The number of carbonyl (C=O) groups excluding carboxylic acids is 3. The molecule has 0 fully saturated rings. The first-order valence-corrected chi connectivity index (χ1v) is 22.4. The van der Waals surface area contributed by atoms with Gasteiger partial charge in [0.05, 0.1) is 6.61 Å². The molecule has 2 N–H and O–H groups in total. The Labute approximate surface area is 332 Å². The third kappa shape index (κ3) is 15.8. The van der Waals surface area contributed by atoms with Gasteiger partial charge in [-0.2, -0.15) is 0 Å². The molecule has 0 aliphatic carbocycles. The van der Waals surface area contributed by atoms with Gasteiger partial charge in [0.15, 0.2) is 0 Å². The molecule has 0 radical (unpaired) electrons. The van der Waals surface area contributed by atoms with Gasteiger partial charge in [0.1, 0.15) is 6.04 Å². The summed E-state index contributed by atoms with van der Waals surface area (Å²) in [4.78, 5) is 39.3. The van der Waals surface area contributed by atoms with Crippen molar-refractivity contribution in [1.82, 2.24) is 10.6 Å². The van der Waals surface area contributed by atoms with Gasteiger partial charge in [-0.15, -0.1) is 0 Å². The Kier molecular flexibility index (Phi) is 21.0. The van der Waals surface area contributed by atoms with Crippen LogP contribution in [0.15, 0.2) is 54.6 Å². The fourth-order valence-electron chi connectivity index (χ4n) is 8.04. The average Bonchev–Trinajstić information content (AvgIpc) is 3.20. The van der Waals surface area contributed by atoms with E-state index >= 15 is 0 Å². The number of aryl methyl sites for hydroxylation is 1. The molecule has 0 unspecified atom stereocenters. The van der Waals surface area contributed by atoms with E-state index in [2.05, 4.69) is 79.1 Å². The summed E-state index contributed by atoms with van der Waals surface area (Å²) in [5.74, 6) is -0.686. The maximum absolute atomic E-state index is 13.3.